The number of nitrogens with one attached hydrogen (secondary N) is 1. The van der Waals surface area contributed by atoms with Gasteiger partial charge in [-0.25, -0.2) is 9.78 Å². The maximum atomic E-state index is 12.5. The zero-order valence-electron chi connectivity index (χ0n) is 17.2. The van der Waals surface area contributed by atoms with Gasteiger partial charge in [0.05, 0.1) is 12.6 Å². The molecule has 4 rings (SSSR count). The number of hydrogen-bond acceptors (Lipinski definition) is 5. The van der Waals surface area contributed by atoms with E-state index in [9.17, 15) is 14.4 Å². The summed E-state index contributed by atoms with van der Waals surface area (Å²) in [7, 11) is 1.76. The predicted octanol–water partition coefficient (Wildman–Crippen LogP) is 0.636. The summed E-state index contributed by atoms with van der Waals surface area (Å²) in [5.41, 5.74) is 7.78. The lowest BCUT2D eigenvalue weighted by molar-refractivity contribution is -0.124. The minimum Gasteiger partial charge on any atom is -0.368 e. The van der Waals surface area contributed by atoms with Crippen LogP contribution in [0.4, 0.5) is 0 Å². The summed E-state index contributed by atoms with van der Waals surface area (Å²) < 4.78 is 3.22. The third-order valence-corrected chi connectivity index (χ3v) is 5.86. The van der Waals surface area contributed by atoms with Gasteiger partial charge in [-0.2, -0.15) is 0 Å². The molecule has 3 aromatic rings. The normalized spacial score (nSPS) is 16.7. The molecule has 0 saturated heterocycles. The average Bonchev–Trinajstić information content (AvgIpc) is 3.03. The third-order valence-electron chi connectivity index (χ3n) is 5.86. The van der Waals surface area contributed by atoms with Gasteiger partial charge in [-0.3, -0.25) is 24.0 Å². The first-order chi connectivity index (χ1) is 14.4. The molecule has 0 unspecified atom stereocenters. The molecule has 0 aliphatic carbocycles. The van der Waals surface area contributed by atoms with Crippen LogP contribution < -0.4 is 17.0 Å². The highest BCUT2D eigenvalue weighted by atomic mass is 16.2. The zero-order valence-corrected chi connectivity index (χ0v) is 17.2. The van der Waals surface area contributed by atoms with Gasteiger partial charge >= 0.3 is 5.69 Å². The number of carbonyl (C=O) groups is 1. The number of amides is 1. The van der Waals surface area contributed by atoms with Crippen molar-refractivity contribution in [3.8, 4) is 0 Å². The van der Waals surface area contributed by atoms with Crippen molar-refractivity contribution in [3.05, 3.63) is 62.1 Å². The number of rotatable bonds is 6. The van der Waals surface area contributed by atoms with Crippen molar-refractivity contribution in [1.29, 1.82) is 0 Å². The van der Waals surface area contributed by atoms with E-state index in [1.54, 1.807) is 11.6 Å². The number of nitrogens with zero attached hydrogens (tertiary/aromatic N) is 4. The minimum absolute atomic E-state index is 0.342. The highest BCUT2D eigenvalue weighted by Gasteiger charge is 2.31. The fourth-order valence-corrected chi connectivity index (χ4v) is 4.16. The summed E-state index contributed by atoms with van der Waals surface area (Å²) in [4.78, 5) is 46.0. The quantitative estimate of drug-likeness (QED) is 0.618. The molecule has 0 fully saturated rings. The molecule has 3 heterocycles. The van der Waals surface area contributed by atoms with Crippen LogP contribution in [0.2, 0.25) is 0 Å². The zero-order chi connectivity index (χ0) is 21.4. The van der Waals surface area contributed by atoms with E-state index in [0.29, 0.717) is 43.0 Å². The van der Waals surface area contributed by atoms with Crippen molar-refractivity contribution in [3.63, 3.8) is 0 Å². The van der Waals surface area contributed by atoms with Gasteiger partial charge in [0.25, 0.3) is 5.56 Å². The second-order valence-corrected chi connectivity index (χ2v) is 7.82. The molecule has 0 radical (unpaired) electrons. The Bertz CT molecular complexity index is 1220. The number of primary amides is 1. The minimum atomic E-state index is -0.459. The molecule has 1 atom stereocenters. The van der Waals surface area contributed by atoms with E-state index in [1.165, 1.54) is 4.57 Å². The highest BCUT2D eigenvalue weighted by molar-refractivity contribution is 5.80. The van der Waals surface area contributed by atoms with E-state index >= 15 is 0 Å². The van der Waals surface area contributed by atoms with Crippen molar-refractivity contribution in [2.24, 2.45) is 12.8 Å². The Labute approximate surface area is 173 Å². The van der Waals surface area contributed by atoms with Crippen LogP contribution in [-0.4, -0.2) is 36.0 Å². The first-order valence-corrected chi connectivity index (χ1v) is 10.2. The molecular formula is C21H26N6O3. The summed E-state index contributed by atoms with van der Waals surface area (Å²) in [5, 5.41) is 0. The number of aromatic nitrogens is 4. The van der Waals surface area contributed by atoms with E-state index in [1.807, 2.05) is 36.1 Å². The molecule has 0 saturated carbocycles. The molecule has 1 amide bonds. The fourth-order valence-electron chi connectivity index (χ4n) is 4.16. The van der Waals surface area contributed by atoms with Gasteiger partial charge in [-0.1, -0.05) is 37.6 Å². The molecule has 30 heavy (non-hydrogen) atoms. The van der Waals surface area contributed by atoms with Crippen LogP contribution in [0.3, 0.4) is 0 Å². The Morgan fingerprint density at radius 2 is 2.00 bits per heavy atom. The van der Waals surface area contributed by atoms with Crippen LogP contribution in [0.25, 0.3) is 11.2 Å². The Morgan fingerprint density at radius 3 is 2.70 bits per heavy atom. The van der Waals surface area contributed by atoms with Crippen molar-refractivity contribution in [2.45, 2.75) is 51.9 Å². The van der Waals surface area contributed by atoms with Crippen LogP contribution in [0.5, 0.6) is 0 Å². The number of fused-ring (bicyclic) bond motifs is 2. The van der Waals surface area contributed by atoms with Crippen LogP contribution in [-0.2, 0) is 37.9 Å². The number of aryl methyl sites for hydroxylation is 2. The number of imidazole rings is 1. The fraction of sp³-hybridized carbons (Fsp3) is 0.429. The number of H-pyrrole nitrogens is 1. The van der Waals surface area contributed by atoms with Gasteiger partial charge in [-0.15, -0.1) is 0 Å². The SMILES string of the molecule is CCCCn1c(=O)[nH]c(=O)c2c1nc(CN1Cc3ccccc3C[C@@H]1C(N)=O)n2C. The van der Waals surface area contributed by atoms with Gasteiger partial charge in [0.2, 0.25) is 5.91 Å². The lowest BCUT2D eigenvalue weighted by Crippen LogP contribution is -2.48. The van der Waals surface area contributed by atoms with Gasteiger partial charge in [0.1, 0.15) is 5.82 Å². The number of carbonyl (C=O) groups excluding carboxylic acids is 1. The first kappa shape index (κ1) is 20.1. The summed E-state index contributed by atoms with van der Waals surface area (Å²) >= 11 is 0. The molecule has 2 aromatic heterocycles. The largest absolute Gasteiger partial charge is 0.368 e. The second kappa shape index (κ2) is 7.91. The van der Waals surface area contributed by atoms with Gasteiger partial charge < -0.3 is 10.3 Å². The smallest absolute Gasteiger partial charge is 0.330 e. The van der Waals surface area contributed by atoms with Gasteiger partial charge in [0.15, 0.2) is 11.2 Å². The highest BCUT2D eigenvalue weighted by Crippen LogP contribution is 2.25. The number of unbranched alkanes of at least 4 members (excludes halogenated alkanes) is 1. The van der Waals surface area contributed by atoms with E-state index < -0.39 is 17.3 Å². The molecule has 0 bridgehead atoms. The van der Waals surface area contributed by atoms with Crippen molar-refractivity contribution in [1.82, 2.24) is 24.0 Å². The van der Waals surface area contributed by atoms with Crippen LogP contribution in [0.15, 0.2) is 33.9 Å². The van der Waals surface area contributed by atoms with Crippen LogP contribution in [0, 0.1) is 0 Å². The summed E-state index contributed by atoms with van der Waals surface area (Å²) in [6, 6.07) is 7.54. The van der Waals surface area contributed by atoms with Crippen molar-refractivity contribution >= 4 is 17.1 Å². The van der Waals surface area contributed by atoms with Gasteiger partial charge in [-0.05, 0) is 24.0 Å². The summed E-state index contributed by atoms with van der Waals surface area (Å²) in [6.07, 6.45) is 2.26. The molecular weight excluding hydrogens is 384 g/mol. The predicted molar refractivity (Wildman–Crippen MR) is 113 cm³/mol. The lowest BCUT2D eigenvalue weighted by Gasteiger charge is -2.34. The lowest BCUT2D eigenvalue weighted by atomic mass is 9.93. The Morgan fingerprint density at radius 1 is 1.27 bits per heavy atom. The van der Waals surface area contributed by atoms with Crippen LogP contribution in [0.1, 0.15) is 36.7 Å². The average molecular weight is 410 g/mol. The number of benzene rings is 1. The van der Waals surface area contributed by atoms with Crippen LogP contribution >= 0.6 is 0 Å². The van der Waals surface area contributed by atoms with E-state index in [4.69, 9.17) is 5.73 Å². The van der Waals surface area contributed by atoms with Crippen molar-refractivity contribution < 1.29 is 4.79 Å². The first-order valence-electron chi connectivity index (χ1n) is 10.2. The van der Waals surface area contributed by atoms with Crippen molar-refractivity contribution in [2.75, 3.05) is 0 Å². The Kier molecular flexibility index (Phi) is 5.29. The molecule has 3 N–H and O–H groups in total. The maximum absolute atomic E-state index is 12.5. The second-order valence-electron chi connectivity index (χ2n) is 7.82. The Hall–Kier alpha value is -3.20. The standard InChI is InChI=1S/C21H26N6O3/c1-3-4-9-27-19-17(20(29)24-21(27)30)25(2)16(23-19)12-26-11-14-8-6-5-7-13(14)10-15(26)18(22)28/h5-8,15H,3-4,9-12H2,1-2H3,(H2,22,28)(H,24,29,30)/t15-/m1/s1. The van der Waals surface area contributed by atoms with E-state index in [2.05, 4.69) is 9.97 Å². The van der Waals surface area contributed by atoms with Gasteiger partial charge in [0, 0.05) is 20.1 Å². The molecule has 9 nitrogen and oxygen atoms in total. The maximum Gasteiger partial charge on any atom is 0.330 e. The monoisotopic (exact) mass is 410 g/mol. The third kappa shape index (κ3) is 3.45. The summed E-state index contributed by atoms with van der Waals surface area (Å²) in [6.45, 7) is 3.43. The topological polar surface area (TPSA) is 119 Å². The number of aromatic amines is 1. The molecule has 0 spiro atoms. The molecule has 158 valence electrons. The molecule has 9 heteroatoms. The number of nitrogens with two attached hydrogens (primary N) is 1. The summed E-state index contributed by atoms with van der Waals surface area (Å²) in [5.74, 6) is 0.220. The number of hydrogen-bond donors (Lipinski definition) is 2. The van der Waals surface area contributed by atoms with E-state index in [-0.39, 0.29) is 5.91 Å². The van der Waals surface area contributed by atoms with E-state index in [0.717, 1.165) is 24.0 Å². The molecule has 1 aliphatic heterocycles. The molecule has 1 aromatic carbocycles. The molecule has 1 aliphatic rings. The Balaban J connectivity index is 1.75.